The predicted octanol–water partition coefficient (Wildman–Crippen LogP) is 3.58. The Morgan fingerprint density at radius 1 is 1.24 bits per heavy atom. The van der Waals surface area contributed by atoms with E-state index in [1.54, 1.807) is 12.1 Å². The first-order chi connectivity index (χ1) is 14.0. The fourth-order valence-electron chi connectivity index (χ4n) is 2.60. The molecule has 2 amide bonds. The van der Waals surface area contributed by atoms with E-state index in [-0.39, 0.29) is 24.3 Å². The molecule has 2 N–H and O–H groups in total. The minimum absolute atomic E-state index is 0.106. The predicted molar refractivity (Wildman–Crippen MR) is 111 cm³/mol. The molecule has 0 saturated heterocycles. The maximum atomic E-state index is 12.2. The Bertz CT molecular complexity index is 953. The molecular weight excluding hydrogens is 388 g/mol. The molecule has 1 atom stereocenters. The summed E-state index contributed by atoms with van der Waals surface area (Å²) in [5.74, 6) is 0.760. The molecule has 0 saturated carbocycles. The van der Waals surface area contributed by atoms with Gasteiger partial charge in [-0.1, -0.05) is 30.3 Å². The number of carbonyl (C=O) groups excluding carboxylic acids is 2. The van der Waals surface area contributed by atoms with Gasteiger partial charge in [-0.3, -0.25) is 9.59 Å². The van der Waals surface area contributed by atoms with Crippen molar-refractivity contribution >= 4 is 23.2 Å². The summed E-state index contributed by atoms with van der Waals surface area (Å²) in [5.41, 5.74) is 1.46. The molecule has 0 spiro atoms. The van der Waals surface area contributed by atoms with Crippen LogP contribution in [0.3, 0.4) is 0 Å². The lowest BCUT2D eigenvalue weighted by Crippen LogP contribution is -2.32. The number of amides is 2. The number of aromatic nitrogens is 2. The lowest BCUT2D eigenvalue weighted by Gasteiger charge is -2.12. The zero-order valence-electron chi connectivity index (χ0n) is 16.5. The molecule has 2 heterocycles. The fraction of sp³-hybridized carbons (Fsp3) is 0.333. The van der Waals surface area contributed by atoms with E-state index in [9.17, 15) is 9.59 Å². The zero-order chi connectivity index (χ0) is 20.6. The van der Waals surface area contributed by atoms with Gasteiger partial charge in [-0.15, -0.1) is 11.3 Å². The highest BCUT2D eigenvalue weighted by atomic mass is 32.1. The molecular formula is C21H24N4O3S. The summed E-state index contributed by atoms with van der Waals surface area (Å²) in [7, 11) is 0. The first-order valence-electron chi connectivity index (χ1n) is 9.58. The molecule has 3 rings (SSSR count). The fourth-order valence-corrected chi connectivity index (χ4v) is 3.25. The van der Waals surface area contributed by atoms with Gasteiger partial charge in [0.05, 0.1) is 4.88 Å². The average molecular weight is 413 g/mol. The van der Waals surface area contributed by atoms with Gasteiger partial charge in [0.2, 0.25) is 17.6 Å². The number of benzene rings is 1. The minimum atomic E-state index is -0.115. The van der Waals surface area contributed by atoms with E-state index in [0.717, 1.165) is 16.9 Å². The van der Waals surface area contributed by atoms with E-state index in [1.807, 2.05) is 43.5 Å². The summed E-state index contributed by atoms with van der Waals surface area (Å²) >= 11 is 1.53. The standard InChI is InChI=1S/C21H24N4O3S/c1-3-14(2)23-21(27)16-7-4-6-15(12-16)13-22-18(26)9-10-19-24-20(25-28-19)17-8-5-11-29-17/h4-8,11-12,14H,3,9-10,13H2,1-2H3,(H,22,26)(H,23,27). The quantitative estimate of drug-likeness (QED) is 0.560. The number of aryl methyl sites for hydroxylation is 1. The van der Waals surface area contributed by atoms with Gasteiger partial charge in [0.1, 0.15) is 0 Å². The van der Waals surface area contributed by atoms with E-state index < -0.39 is 0 Å². The van der Waals surface area contributed by atoms with Gasteiger partial charge < -0.3 is 15.2 Å². The van der Waals surface area contributed by atoms with Crippen molar-refractivity contribution in [2.24, 2.45) is 0 Å². The highest BCUT2D eigenvalue weighted by Gasteiger charge is 2.12. The Balaban J connectivity index is 1.47. The van der Waals surface area contributed by atoms with E-state index in [0.29, 0.717) is 30.2 Å². The third-order valence-electron chi connectivity index (χ3n) is 4.44. The molecule has 0 fully saturated rings. The summed E-state index contributed by atoms with van der Waals surface area (Å²) in [6.45, 7) is 4.34. The highest BCUT2D eigenvalue weighted by molar-refractivity contribution is 7.13. The van der Waals surface area contributed by atoms with Crippen molar-refractivity contribution in [2.75, 3.05) is 0 Å². The molecule has 0 bridgehead atoms. The summed E-state index contributed by atoms with van der Waals surface area (Å²) in [6, 6.07) is 11.2. The maximum Gasteiger partial charge on any atom is 0.251 e. The molecule has 8 heteroatoms. The number of hydrogen-bond acceptors (Lipinski definition) is 6. The average Bonchev–Trinajstić information content (AvgIpc) is 3.42. The van der Waals surface area contributed by atoms with Crippen LogP contribution < -0.4 is 10.6 Å². The summed E-state index contributed by atoms with van der Waals surface area (Å²) < 4.78 is 5.21. The number of hydrogen-bond donors (Lipinski definition) is 2. The molecule has 1 unspecified atom stereocenters. The second kappa shape index (κ2) is 9.97. The molecule has 1 aromatic carbocycles. The Labute approximate surface area is 173 Å². The van der Waals surface area contributed by atoms with Crippen molar-refractivity contribution in [3.05, 3.63) is 58.8 Å². The molecule has 0 aliphatic rings. The van der Waals surface area contributed by atoms with Gasteiger partial charge >= 0.3 is 0 Å². The Morgan fingerprint density at radius 3 is 2.86 bits per heavy atom. The third-order valence-corrected chi connectivity index (χ3v) is 5.31. The number of rotatable bonds is 9. The smallest absolute Gasteiger partial charge is 0.251 e. The SMILES string of the molecule is CCC(C)NC(=O)c1cccc(CNC(=O)CCc2nc(-c3cccs3)no2)c1. The third kappa shape index (κ3) is 5.99. The lowest BCUT2D eigenvalue weighted by molar-refractivity contribution is -0.121. The van der Waals surface area contributed by atoms with Crippen molar-refractivity contribution in [2.45, 2.75) is 45.7 Å². The number of nitrogens with one attached hydrogen (secondary N) is 2. The number of thiophene rings is 1. The van der Waals surface area contributed by atoms with Crippen LogP contribution in [-0.4, -0.2) is 28.0 Å². The normalized spacial score (nSPS) is 11.8. The minimum Gasteiger partial charge on any atom is -0.352 e. The van der Waals surface area contributed by atoms with Crippen molar-refractivity contribution in [1.29, 1.82) is 0 Å². The number of nitrogens with zero attached hydrogens (tertiary/aromatic N) is 2. The monoisotopic (exact) mass is 412 g/mol. The summed E-state index contributed by atoms with van der Waals surface area (Å²) in [6.07, 6.45) is 1.50. The Kier molecular flexibility index (Phi) is 7.13. The largest absolute Gasteiger partial charge is 0.352 e. The van der Waals surface area contributed by atoms with Crippen LogP contribution in [0.1, 0.15) is 48.5 Å². The van der Waals surface area contributed by atoms with Gasteiger partial charge in [-0.05, 0) is 42.5 Å². The molecule has 0 aliphatic carbocycles. The van der Waals surface area contributed by atoms with Crippen LogP contribution in [-0.2, 0) is 17.8 Å². The van der Waals surface area contributed by atoms with Crippen LogP contribution >= 0.6 is 11.3 Å². The number of carbonyl (C=O) groups is 2. The molecule has 7 nitrogen and oxygen atoms in total. The van der Waals surface area contributed by atoms with E-state index in [2.05, 4.69) is 20.8 Å². The van der Waals surface area contributed by atoms with E-state index >= 15 is 0 Å². The molecule has 29 heavy (non-hydrogen) atoms. The first-order valence-corrected chi connectivity index (χ1v) is 10.5. The van der Waals surface area contributed by atoms with Gasteiger partial charge in [0.25, 0.3) is 5.91 Å². The molecule has 152 valence electrons. The van der Waals surface area contributed by atoms with Crippen LogP contribution in [0.2, 0.25) is 0 Å². The Morgan fingerprint density at radius 2 is 2.10 bits per heavy atom. The maximum absolute atomic E-state index is 12.2. The van der Waals surface area contributed by atoms with Crippen LogP contribution in [0.4, 0.5) is 0 Å². The van der Waals surface area contributed by atoms with E-state index in [4.69, 9.17) is 4.52 Å². The second-order valence-electron chi connectivity index (χ2n) is 6.75. The van der Waals surface area contributed by atoms with Crippen molar-refractivity contribution < 1.29 is 14.1 Å². The van der Waals surface area contributed by atoms with Gasteiger partial charge in [0, 0.05) is 31.0 Å². The molecule has 0 radical (unpaired) electrons. The van der Waals surface area contributed by atoms with Crippen LogP contribution in [0, 0.1) is 0 Å². The van der Waals surface area contributed by atoms with Gasteiger partial charge in [0.15, 0.2) is 0 Å². The van der Waals surface area contributed by atoms with Crippen molar-refractivity contribution in [1.82, 2.24) is 20.8 Å². The first kappa shape index (κ1) is 20.7. The zero-order valence-corrected chi connectivity index (χ0v) is 17.3. The topological polar surface area (TPSA) is 97.1 Å². The Hall–Kier alpha value is -3.00. The molecule has 0 aliphatic heterocycles. The van der Waals surface area contributed by atoms with Crippen molar-refractivity contribution in [3.63, 3.8) is 0 Å². The van der Waals surface area contributed by atoms with Crippen LogP contribution in [0.5, 0.6) is 0 Å². The van der Waals surface area contributed by atoms with Crippen molar-refractivity contribution in [3.8, 4) is 10.7 Å². The van der Waals surface area contributed by atoms with Gasteiger partial charge in [-0.2, -0.15) is 4.98 Å². The van der Waals surface area contributed by atoms with Crippen LogP contribution in [0.15, 0.2) is 46.3 Å². The summed E-state index contributed by atoms with van der Waals surface area (Å²) in [4.78, 5) is 29.6. The van der Waals surface area contributed by atoms with Gasteiger partial charge in [-0.25, -0.2) is 0 Å². The highest BCUT2D eigenvalue weighted by Crippen LogP contribution is 2.21. The second-order valence-corrected chi connectivity index (χ2v) is 7.70. The van der Waals surface area contributed by atoms with E-state index in [1.165, 1.54) is 11.3 Å². The van der Waals surface area contributed by atoms with Crippen LogP contribution in [0.25, 0.3) is 10.7 Å². The lowest BCUT2D eigenvalue weighted by atomic mass is 10.1. The molecule has 2 aromatic heterocycles. The summed E-state index contributed by atoms with van der Waals surface area (Å²) in [5, 5.41) is 11.7. The molecule has 3 aromatic rings.